The lowest BCUT2D eigenvalue weighted by atomic mass is 10.2. The Morgan fingerprint density at radius 3 is 2.71 bits per heavy atom. The Bertz CT molecular complexity index is 693. The summed E-state index contributed by atoms with van der Waals surface area (Å²) in [6, 6.07) is 3.56. The normalized spacial score (nSPS) is 13.7. The molecule has 2 N–H and O–H groups in total. The van der Waals surface area contributed by atoms with Crippen molar-refractivity contribution in [3.05, 3.63) is 12.1 Å². The molecule has 0 aliphatic carbocycles. The van der Waals surface area contributed by atoms with Gasteiger partial charge in [-0.15, -0.1) is 0 Å². The molecule has 21 heavy (non-hydrogen) atoms. The van der Waals surface area contributed by atoms with Gasteiger partial charge in [0.05, 0.1) is 17.1 Å². The zero-order chi connectivity index (χ0) is 15.0. The lowest BCUT2D eigenvalue weighted by Gasteiger charge is -2.18. The maximum absolute atomic E-state index is 11.8. The molecule has 7 nitrogen and oxygen atoms in total. The number of esters is 1. The standard InChI is InChI=1S/C14H17N3O4/c1-8(2)21-13(18)7-17-10-6-12-11(19-3-4-20-12)5-9(10)16-14(17)15/h5-6,8H,3-4,7H2,1-2H3,(H2,15,16). The maximum atomic E-state index is 11.8. The average Bonchev–Trinajstić information content (AvgIpc) is 2.71. The minimum atomic E-state index is -0.356. The second-order valence-corrected chi connectivity index (χ2v) is 5.08. The number of nitrogens with zero attached hydrogens (tertiary/aromatic N) is 2. The van der Waals surface area contributed by atoms with E-state index in [4.69, 9.17) is 19.9 Å². The fraction of sp³-hybridized carbons (Fsp3) is 0.429. The molecule has 1 aliphatic rings. The molecule has 0 spiro atoms. The Morgan fingerprint density at radius 1 is 1.38 bits per heavy atom. The molecule has 0 amide bonds. The van der Waals surface area contributed by atoms with E-state index in [1.165, 1.54) is 0 Å². The number of nitrogens with two attached hydrogens (primary N) is 1. The molecule has 0 saturated heterocycles. The predicted octanol–water partition coefficient (Wildman–Crippen LogP) is 1.34. The number of nitrogen functional groups attached to an aromatic ring is 1. The van der Waals surface area contributed by atoms with Gasteiger partial charge in [-0.3, -0.25) is 9.36 Å². The molecule has 2 aromatic rings. The third-order valence-corrected chi connectivity index (χ3v) is 3.10. The van der Waals surface area contributed by atoms with Gasteiger partial charge in [-0.05, 0) is 13.8 Å². The molecule has 0 saturated carbocycles. The number of rotatable bonds is 3. The first kappa shape index (κ1) is 13.5. The summed E-state index contributed by atoms with van der Waals surface area (Å²) in [5.74, 6) is 1.18. The van der Waals surface area contributed by atoms with Crippen LogP contribution in [0, 0.1) is 0 Å². The largest absolute Gasteiger partial charge is 0.486 e. The molecule has 0 radical (unpaired) electrons. The van der Waals surface area contributed by atoms with Crippen molar-refractivity contribution in [3.63, 3.8) is 0 Å². The Labute approximate surface area is 121 Å². The zero-order valence-corrected chi connectivity index (χ0v) is 12.0. The number of benzene rings is 1. The quantitative estimate of drug-likeness (QED) is 0.858. The third kappa shape index (κ3) is 2.58. The monoisotopic (exact) mass is 291 g/mol. The second kappa shape index (κ2) is 5.16. The first-order chi connectivity index (χ1) is 10.0. The van der Waals surface area contributed by atoms with E-state index in [9.17, 15) is 4.79 Å². The first-order valence-corrected chi connectivity index (χ1v) is 6.79. The Morgan fingerprint density at radius 2 is 2.05 bits per heavy atom. The molecule has 0 unspecified atom stereocenters. The summed E-state index contributed by atoms with van der Waals surface area (Å²) in [4.78, 5) is 16.1. The predicted molar refractivity (Wildman–Crippen MR) is 76.4 cm³/mol. The summed E-state index contributed by atoms with van der Waals surface area (Å²) in [7, 11) is 0. The fourth-order valence-electron chi connectivity index (χ4n) is 2.28. The first-order valence-electron chi connectivity index (χ1n) is 6.79. The van der Waals surface area contributed by atoms with Crippen molar-refractivity contribution in [1.29, 1.82) is 0 Å². The van der Waals surface area contributed by atoms with Crippen molar-refractivity contribution in [3.8, 4) is 11.5 Å². The zero-order valence-electron chi connectivity index (χ0n) is 12.0. The van der Waals surface area contributed by atoms with E-state index in [1.807, 2.05) is 0 Å². The van der Waals surface area contributed by atoms with Crippen LogP contribution in [0.1, 0.15) is 13.8 Å². The molecule has 7 heteroatoms. The van der Waals surface area contributed by atoms with Crippen molar-refractivity contribution >= 4 is 23.0 Å². The van der Waals surface area contributed by atoms with Crippen LogP contribution in [0.5, 0.6) is 11.5 Å². The van der Waals surface area contributed by atoms with E-state index in [-0.39, 0.29) is 24.6 Å². The van der Waals surface area contributed by atoms with Crippen LogP contribution < -0.4 is 15.2 Å². The highest BCUT2D eigenvalue weighted by molar-refractivity contribution is 5.84. The number of anilines is 1. The van der Waals surface area contributed by atoms with E-state index < -0.39 is 0 Å². The van der Waals surface area contributed by atoms with Gasteiger partial charge in [-0.25, -0.2) is 4.98 Å². The minimum Gasteiger partial charge on any atom is -0.486 e. The molecule has 3 rings (SSSR count). The molecule has 1 aromatic heterocycles. The molecule has 2 heterocycles. The summed E-state index contributed by atoms with van der Waals surface area (Å²) < 4.78 is 17.8. The van der Waals surface area contributed by atoms with E-state index in [1.54, 1.807) is 30.5 Å². The van der Waals surface area contributed by atoms with Crippen molar-refractivity contribution in [2.45, 2.75) is 26.5 Å². The van der Waals surface area contributed by atoms with E-state index in [2.05, 4.69) is 4.98 Å². The maximum Gasteiger partial charge on any atom is 0.326 e. The molecular weight excluding hydrogens is 274 g/mol. The Hall–Kier alpha value is -2.44. The Kier molecular flexibility index (Phi) is 3.32. The van der Waals surface area contributed by atoms with E-state index in [0.29, 0.717) is 30.2 Å². The van der Waals surface area contributed by atoms with Crippen LogP contribution in [0.2, 0.25) is 0 Å². The number of imidazole rings is 1. The van der Waals surface area contributed by atoms with Gasteiger partial charge in [0, 0.05) is 12.1 Å². The van der Waals surface area contributed by atoms with Crippen molar-refractivity contribution < 1.29 is 19.0 Å². The van der Waals surface area contributed by atoms with E-state index in [0.717, 1.165) is 5.52 Å². The Balaban J connectivity index is 1.98. The number of carbonyl (C=O) groups excluding carboxylic acids is 1. The number of fused-ring (bicyclic) bond motifs is 2. The van der Waals surface area contributed by atoms with Gasteiger partial charge in [-0.1, -0.05) is 0 Å². The van der Waals surface area contributed by atoms with Gasteiger partial charge in [-0.2, -0.15) is 0 Å². The van der Waals surface area contributed by atoms with Gasteiger partial charge >= 0.3 is 5.97 Å². The molecule has 112 valence electrons. The summed E-state index contributed by atoms with van der Waals surface area (Å²) in [6.07, 6.45) is -0.169. The number of ether oxygens (including phenoxy) is 3. The topological polar surface area (TPSA) is 88.6 Å². The van der Waals surface area contributed by atoms with Gasteiger partial charge in [0.25, 0.3) is 0 Å². The van der Waals surface area contributed by atoms with Crippen LogP contribution in [0.4, 0.5) is 5.95 Å². The number of aromatic nitrogens is 2. The lowest BCUT2D eigenvalue weighted by Crippen LogP contribution is -2.19. The highest BCUT2D eigenvalue weighted by Gasteiger charge is 2.19. The minimum absolute atomic E-state index is 0.0140. The van der Waals surface area contributed by atoms with Gasteiger partial charge < -0.3 is 19.9 Å². The highest BCUT2D eigenvalue weighted by atomic mass is 16.6. The number of hydrogen-bond acceptors (Lipinski definition) is 6. The number of hydrogen-bond donors (Lipinski definition) is 1. The summed E-state index contributed by atoms with van der Waals surface area (Å²) in [5.41, 5.74) is 7.27. The molecule has 0 atom stereocenters. The van der Waals surface area contributed by atoms with Crippen molar-refractivity contribution in [2.75, 3.05) is 18.9 Å². The van der Waals surface area contributed by atoms with Gasteiger partial charge in [0.2, 0.25) is 5.95 Å². The van der Waals surface area contributed by atoms with Crippen LogP contribution in [0.3, 0.4) is 0 Å². The summed E-state index contributed by atoms with van der Waals surface area (Å²) >= 11 is 0. The van der Waals surface area contributed by atoms with Crippen molar-refractivity contribution in [1.82, 2.24) is 9.55 Å². The van der Waals surface area contributed by atoms with Crippen LogP contribution >= 0.6 is 0 Å². The highest BCUT2D eigenvalue weighted by Crippen LogP contribution is 2.35. The number of carbonyl (C=O) groups is 1. The molecule has 1 aromatic carbocycles. The molecular formula is C14H17N3O4. The van der Waals surface area contributed by atoms with E-state index >= 15 is 0 Å². The lowest BCUT2D eigenvalue weighted by molar-refractivity contribution is -0.147. The van der Waals surface area contributed by atoms with Crippen molar-refractivity contribution in [2.24, 2.45) is 0 Å². The second-order valence-electron chi connectivity index (χ2n) is 5.08. The molecule has 1 aliphatic heterocycles. The van der Waals surface area contributed by atoms with Crippen LogP contribution in [-0.2, 0) is 16.1 Å². The van der Waals surface area contributed by atoms with Crippen LogP contribution in [0.15, 0.2) is 12.1 Å². The van der Waals surface area contributed by atoms with Crippen LogP contribution in [0.25, 0.3) is 11.0 Å². The SMILES string of the molecule is CC(C)OC(=O)Cn1c(N)nc2cc3c(cc21)OCCO3. The van der Waals surface area contributed by atoms with Gasteiger partial charge in [0.1, 0.15) is 19.8 Å². The average molecular weight is 291 g/mol. The molecule has 0 fully saturated rings. The molecule has 0 bridgehead atoms. The summed E-state index contributed by atoms with van der Waals surface area (Å²) in [5, 5.41) is 0. The summed E-state index contributed by atoms with van der Waals surface area (Å²) in [6.45, 7) is 4.62. The van der Waals surface area contributed by atoms with Crippen LogP contribution in [-0.4, -0.2) is 34.8 Å². The third-order valence-electron chi connectivity index (χ3n) is 3.10. The van der Waals surface area contributed by atoms with Gasteiger partial charge in [0.15, 0.2) is 11.5 Å². The fourth-order valence-corrected chi connectivity index (χ4v) is 2.28. The smallest absolute Gasteiger partial charge is 0.326 e.